The van der Waals surface area contributed by atoms with E-state index in [1.165, 1.54) is 5.56 Å². The standard InChI is InChI=1S/C24H20Br2N2O3/c25-15-17-6-7-20(16-26)22(14-17)30-13-12-29-21-10-8-19(9-11-21)24-28-27-23(31-24)18-4-2-1-3-5-18/h1-11,14H,12-13,15-16H2. The number of ether oxygens (including phenoxy) is 2. The average Bonchev–Trinajstić information content (AvgIpc) is 3.33. The van der Waals surface area contributed by atoms with Gasteiger partial charge in [0.05, 0.1) is 0 Å². The number of halogens is 2. The number of aromatic nitrogens is 2. The number of benzene rings is 3. The largest absolute Gasteiger partial charge is 0.490 e. The molecule has 0 saturated heterocycles. The van der Waals surface area contributed by atoms with Gasteiger partial charge >= 0.3 is 0 Å². The molecule has 0 radical (unpaired) electrons. The fourth-order valence-corrected chi connectivity index (χ4v) is 3.78. The molecule has 0 fully saturated rings. The molecule has 0 spiro atoms. The monoisotopic (exact) mass is 542 g/mol. The molecule has 0 aliphatic carbocycles. The van der Waals surface area contributed by atoms with Crippen molar-refractivity contribution in [3.05, 3.63) is 83.9 Å². The molecule has 0 aliphatic heterocycles. The maximum absolute atomic E-state index is 5.92. The van der Waals surface area contributed by atoms with Gasteiger partial charge in [-0.3, -0.25) is 0 Å². The van der Waals surface area contributed by atoms with Crippen molar-refractivity contribution >= 4 is 31.9 Å². The van der Waals surface area contributed by atoms with E-state index in [1.807, 2.05) is 60.7 Å². The number of hydrogen-bond acceptors (Lipinski definition) is 5. The highest BCUT2D eigenvalue weighted by Gasteiger charge is 2.10. The van der Waals surface area contributed by atoms with Gasteiger partial charge in [0.15, 0.2) is 0 Å². The van der Waals surface area contributed by atoms with Gasteiger partial charge in [-0.05, 0) is 48.0 Å². The summed E-state index contributed by atoms with van der Waals surface area (Å²) in [6.07, 6.45) is 0. The Labute approximate surface area is 197 Å². The summed E-state index contributed by atoms with van der Waals surface area (Å²) in [6, 6.07) is 23.5. The van der Waals surface area contributed by atoms with E-state index in [4.69, 9.17) is 13.9 Å². The number of rotatable bonds is 9. The van der Waals surface area contributed by atoms with Gasteiger partial charge in [0.2, 0.25) is 11.8 Å². The first-order valence-corrected chi connectivity index (χ1v) is 12.0. The third kappa shape index (κ3) is 5.54. The summed E-state index contributed by atoms with van der Waals surface area (Å²) in [4.78, 5) is 0. The quantitative estimate of drug-likeness (QED) is 0.175. The van der Waals surface area contributed by atoms with Gasteiger partial charge in [0.25, 0.3) is 0 Å². The molecular formula is C24H20Br2N2O3. The van der Waals surface area contributed by atoms with Gasteiger partial charge in [0.1, 0.15) is 24.7 Å². The second-order valence-corrected chi connectivity index (χ2v) is 7.83. The summed E-state index contributed by atoms with van der Waals surface area (Å²) in [7, 11) is 0. The SMILES string of the molecule is BrCc1ccc(CBr)c(OCCOc2ccc(-c3nnc(-c4ccccc4)o3)cc2)c1. The van der Waals surface area contributed by atoms with Crippen LogP contribution in [-0.2, 0) is 10.7 Å². The zero-order chi connectivity index (χ0) is 21.5. The molecule has 0 N–H and O–H groups in total. The van der Waals surface area contributed by atoms with Gasteiger partial charge in [-0.25, -0.2) is 0 Å². The van der Waals surface area contributed by atoms with E-state index in [1.54, 1.807) is 0 Å². The Kier molecular flexibility index (Phi) is 7.38. The summed E-state index contributed by atoms with van der Waals surface area (Å²) in [5.41, 5.74) is 4.02. The molecule has 1 heterocycles. The molecule has 31 heavy (non-hydrogen) atoms. The van der Waals surface area contributed by atoms with Crippen molar-refractivity contribution < 1.29 is 13.9 Å². The highest BCUT2D eigenvalue weighted by molar-refractivity contribution is 9.08. The summed E-state index contributed by atoms with van der Waals surface area (Å²) in [5, 5.41) is 9.82. The van der Waals surface area contributed by atoms with Crippen LogP contribution in [0.25, 0.3) is 22.9 Å². The predicted molar refractivity (Wildman–Crippen MR) is 128 cm³/mol. The van der Waals surface area contributed by atoms with Gasteiger partial charge in [-0.15, -0.1) is 10.2 Å². The lowest BCUT2D eigenvalue weighted by atomic mass is 10.1. The third-order valence-electron chi connectivity index (χ3n) is 4.59. The molecule has 0 saturated carbocycles. The van der Waals surface area contributed by atoms with Crippen LogP contribution in [0.15, 0.2) is 77.2 Å². The van der Waals surface area contributed by atoms with Gasteiger partial charge in [0, 0.05) is 27.4 Å². The molecule has 0 atom stereocenters. The smallest absolute Gasteiger partial charge is 0.248 e. The Hall–Kier alpha value is -2.64. The van der Waals surface area contributed by atoms with Crippen molar-refractivity contribution in [1.82, 2.24) is 10.2 Å². The second kappa shape index (κ2) is 10.6. The van der Waals surface area contributed by atoms with Crippen LogP contribution in [0.2, 0.25) is 0 Å². The van der Waals surface area contributed by atoms with Crippen LogP contribution in [0.3, 0.4) is 0 Å². The van der Waals surface area contributed by atoms with Crippen LogP contribution in [0, 0.1) is 0 Å². The van der Waals surface area contributed by atoms with E-state index in [0.29, 0.717) is 25.0 Å². The van der Waals surface area contributed by atoms with Crippen molar-refractivity contribution in [2.24, 2.45) is 0 Å². The number of nitrogens with zero attached hydrogens (tertiary/aromatic N) is 2. The minimum Gasteiger partial charge on any atom is -0.490 e. The molecule has 0 aliphatic rings. The van der Waals surface area contributed by atoms with Crippen molar-refractivity contribution in [1.29, 1.82) is 0 Å². The summed E-state index contributed by atoms with van der Waals surface area (Å²) >= 11 is 6.98. The molecular weight excluding hydrogens is 524 g/mol. The summed E-state index contributed by atoms with van der Waals surface area (Å²) < 4.78 is 17.5. The van der Waals surface area contributed by atoms with E-state index in [9.17, 15) is 0 Å². The van der Waals surface area contributed by atoms with E-state index in [2.05, 4.69) is 54.2 Å². The molecule has 4 aromatic rings. The maximum Gasteiger partial charge on any atom is 0.248 e. The van der Waals surface area contributed by atoms with Crippen molar-refractivity contribution in [2.45, 2.75) is 10.7 Å². The molecule has 5 nitrogen and oxygen atoms in total. The van der Waals surface area contributed by atoms with Crippen molar-refractivity contribution in [3.8, 4) is 34.4 Å². The van der Waals surface area contributed by atoms with Crippen LogP contribution < -0.4 is 9.47 Å². The van der Waals surface area contributed by atoms with E-state index in [-0.39, 0.29) is 0 Å². The molecule has 4 rings (SSSR count). The summed E-state index contributed by atoms with van der Waals surface area (Å²) in [6.45, 7) is 0.899. The van der Waals surface area contributed by atoms with E-state index >= 15 is 0 Å². The Bertz CT molecular complexity index is 1120. The fraction of sp³-hybridized carbons (Fsp3) is 0.167. The molecule has 3 aromatic carbocycles. The molecule has 0 bridgehead atoms. The maximum atomic E-state index is 5.92. The lowest BCUT2D eigenvalue weighted by Gasteiger charge is -2.12. The molecule has 0 amide bonds. The first kappa shape index (κ1) is 21.6. The van der Waals surface area contributed by atoms with E-state index in [0.717, 1.165) is 38.8 Å². The Morgan fingerprint density at radius 1 is 0.710 bits per heavy atom. The zero-order valence-electron chi connectivity index (χ0n) is 16.6. The lowest BCUT2D eigenvalue weighted by Crippen LogP contribution is -2.10. The normalized spacial score (nSPS) is 10.8. The average molecular weight is 544 g/mol. The van der Waals surface area contributed by atoms with Crippen molar-refractivity contribution in [2.75, 3.05) is 13.2 Å². The van der Waals surface area contributed by atoms with Gasteiger partial charge in [-0.2, -0.15) is 0 Å². The first-order valence-electron chi connectivity index (χ1n) is 9.75. The lowest BCUT2D eigenvalue weighted by molar-refractivity contribution is 0.216. The Balaban J connectivity index is 1.32. The topological polar surface area (TPSA) is 57.4 Å². The summed E-state index contributed by atoms with van der Waals surface area (Å²) in [5.74, 6) is 2.60. The molecule has 0 unspecified atom stereocenters. The highest BCUT2D eigenvalue weighted by atomic mass is 79.9. The predicted octanol–water partition coefficient (Wildman–Crippen LogP) is 6.65. The van der Waals surface area contributed by atoms with Crippen LogP contribution in [0.4, 0.5) is 0 Å². The minimum absolute atomic E-state index is 0.443. The highest BCUT2D eigenvalue weighted by Crippen LogP contribution is 2.26. The van der Waals surface area contributed by atoms with Crippen molar-refractivity contribution in [3.63, 3.8) is 0 Å². The fourth-order valence-electron chi connectivity index (χ4n) is 2.97. The third-order valence-corrected chi connectivity index (χ3v) is 5.84. The van der Waals surface area contributed by atoms with Crippen LogP contribution in [0.5, 0.6) is 11.5 Å². The number of alkyl halides is 2. The Morgan fingerprint density at radius 2 is 1.39 bits per heavy atom. The zero-order valence-corrected chi connectivity index (χ0v) is 19.8. The van der Waals surface area contributed by atoms with Crippen LogP contribution in [0.1, 0.15) is 11.1 Å². The van der Waals surface area contributed by atoms with Crippen LogP contribution >= 0.6 is 31.9 Å². The van der Waals surface area contributed by atoms with E-state index < -0.39 is 0 Å². The molecule has 1 aromatic heterocycles. The second-order valence-electron chi connectivity index (χ2n) is 6.71. The van der Waals surface area contributed by atoms with Gasteiger partial charge in [-0.1, -0.05) is 62.2 Å². The molecule has 158 valence electrons. The van der Waals surface area contributed by atoms with Gasteiger partial charge < -0.3 is 13.9 Å². The molecule has 7 heteroatoms. The minimum atomic E-state index is 0.443. The first-order chi connectivity index (χ1) is 15.3. The number of hydrogen-bond donors (Lipinski definition) is 0. The van der Waals surface area contributed by atoms with Crippen LogP contribution in [-0.4, -0.2) is 23.4 Å². The Morgan fingerprint density at radius 3 is 2.06 bits per heavy atom.